The van der Waals surface area contributed by atoms with Crippen LogP contribution >= 0.6 is 0 Å². The van der Waals surface area contributed by atoms with Gasteiger partial charge in [0.2, 0.25) is 0 Å². The second-order valence-electron chi connectivity index (χ2n) is 19.0. The van der Waals surface area contributed by atoms with E-state index in [4.69, 9.17) is 19.5 Å². The number of hydrogen-bond donors (Lipinski definition) is 1. The van der Waals surface area contributed by atoms with E-state index in [2.05, 4.69) is 197 Å². The zero-order chi connectivity index (χ0) is 46.3. The third kappa shape index (κ3) is 18.1. The van der Waals surface area contributed by atoms with E-state index in [1.54, 1.807) is 0 Å². The minimum absolute atomic E-state index is 0.0431. The van der Waals surface area contributed by atoms with Gasteiger partial charge in [0.05, 0.1) is 0 Å². The lowest BCUT2D eigenvalue weighted by atomic mass is 10.1. The number of hydrogen-bond acceptors (Lipinski definition) is 4. The van der Waals surface area contributed by atoms with Gasteiger partial charge >= 0.3 is 0 Å². The van der Waals surface area contributed by atoms with Gasteiger partial charge in [-0.1, -0.05) is 218 Å². The fourth-order valence-corrected chi connectivity index (χ4v) is 18.0. The molecule has 6 nitrogen and oxygen atoms in total. The summed E-state index contributed by atoms with van der Waals surface area (Å²) < 4.78 is 13.9. The van der Waals surface area contributed by atoms with Gasteiger partial charge < -0.3 is 14.0 Å². The van der Waals surface area contributed by atoms with Crippen LogP contribution in [0.25, 0.3) is 10.4 Å². The molecule has 8 heteroatoms. The van der Waals surface area contributed by atoms with Crippen LogP contribution in [-0.2, 0) is 8.85 Å². The van der Waals surface area contributed by atoms with Gasteiger partial charge in [-0.15, -0.1) is 0 Å². The molecule has 4 rings (SSSR count). The molecule has 0 radical (unpaired) electrons. The second-order valence-corrected chi connectivity index (χ2v) is 27.7. The molecular formula is C56H83N3O3Si2. The van der Waals surface area contributed by atoms with Gasteiger partial charge in [0.15, 0.2) is 0 Å². The summed E-state index contributed by atoms with van der Waals surface area (Å²) in [6, 6.07) is 43.6. The highest BCUT2D eigenvalue weighted by molar-refractivity contribution is 7.00. The van der Waals surface area contributed by atoms with Gasteiger partial charge in [0.1, 0.15) is 0 Å². The quantitative estimate of drug-likeness (QED) is 0.0147. The van der Waals surface area contributed by atoms with Crippen molar-refractivity contribution in [1.29, 1.82) is 0 Å². The summed E-state index contributed by atoms with van der Waals surface area (Å²) in [5.41, 5.74) is 8.26. The molecule has 0 atom stereocenters. The van der Waals surface area contributed by atoms with Crippen LogP contribution in [0.4, 0.5) is 0 Å². The molecule has 0 fully saturated rings. The summed E-state index contributed by atoms with van der Waals surface area (Å²) in [6.07, 6.45) is 27.3. The number of allylic oxidation sites excluding steroid dienone is 4. The molecular weight excluding hydrogens is 819 g/mol. The second kappa shape index (κ2) is 31.0. The average molecular weight is 902 g/mol. The maximum absolute atomic E-state index is 8.80. The third-order valence-electron chi connectivity index (χ3n) is 12.1. The van der Waals surface area contributed by atoms with Crippen molar-refractivity contribution >= 4 is 37.4 Å². The first-order valence-electron chi connectivity index (χ1n) is 24.5. The van der Waals surface area contributed by atoms with E-state index >= 15 is 0 Å². The molecule has 348 valence electrons. The summed E-state index contributed by atoms with van der Waals surface area (Å²) in [6.45, 7) is 16.6. The molecule has 0 amide bonds. The number of nitrogens with zero attached hydrogens (tertiary/aromatic N) is 3. The van der Waals surface area contributed by atoms with Gasteiger partial charge in [-0.3, -0.25) is 0 Å². The summed E-state index contributed by atoms with van der Waals surface area (Å²) in [5.74, 6) is 0. The van der Waals surface area contributed by atoms with Gasteiger partial charge in [0.25, 0.3) is 16.6 Å². The molecule has 64 heavy (non-hydrogen) atoms. The van der Waals surface area contributed by atoms with Crippen LogP contribution in [-0.4, -0.2) is 48.1 Å². The number of rotatable bonds is 29. The predicted octanol–water partition coefficient (Wildman–Crippen LogP) is 13.8. The average Bonchev–Trinajstić information content (AvgIpc) is 3.30. The first-order chi connectivity index (χ1) is 31.0. The fourth-order valence-electron chi connectivity index (χ4n) is 8.74. The SMILES string of the molecule is CC(C)(C)[Si](OCCCCCC/C=C\CCCCN=[N+]=[N-])(c1ccccc1)c1ccccc1.CC(C)(C)[Si](OCCCCCC/C=C\CCCCO)(c1ccccc1)c1ccccc1. The smallest absolute Gasteiger partial charge is 0.261 e. The van der Waals surface area contributed by atoms with Crippen LogP contribution in [0.5, 0.6) is 0 Å². The number of aliphatic hydroxyl groups is 1. The van der Waals surface area contributed by atoms with Crippen molar-refractivity contribution in [1.82, 2.24) is 0 Å². The molecule has 4 aromatic carbocycles. The van der Waals surface area contributed by atoms with E-state index in [1.165, 1.54) is 59.3 Å². The summed E-state index contributed by atoms with van der Waals surface area (Å²) in [5, 5.41) is 17.9. The van der Waals surface area contributed by atoms with Crippen LogP contribution < -0.4 is 20.7 Å². The van der Waals surface area contributed by atoms with Gasteiger partial charge in [-0.25, -0.2) is 0 Å². The summed E-state index contributed by atoms with van der Waals surface area (Å²) in [7, 11) is -4.77. The van der Waals surface area contributed by atoms with Crippen molar-refractivity contribution in [3.63, 3.8) is 0 Å². The Labute approximate surface area is 391 Å². The Kier molecular flexibility index (Phi) is 26.3. The third-order valence-corrected chi connectivity index (χ3v) is 22.1. The van der Waals surface area contributed by atoms with Crippen molar-refractivity contribution in [2.24, 2.45) is 5.11 Å². The maximum atomic E-state index is 8.80. The summed E-state index contributed by atoms with van der Waals surface area (Å²) in [4.78, 5) is 2.78. The topological polar surface area (TPSA) is 87.5 Å². The fraction of sp³-hybridized carbons (Fsp3) is 0.500. The van der Waals surface area contributed by atoms with Crippen LogP contribution in [0.2, 0.25) is 10.1 Å². The van der Waals surface area contributed by atoms with E-state index in [9.17, 15) is 0 Å². The Morgan fingerprint density at radius 1 is 0.453 bits per heavy atom. The minimum atomic E-state index is -2.39. The lowest BCUT2D eigenvalue weighted by Gasteiger charge is -2.43. The maximum Gasteiger partial charge on any atom is 0.261 e. The molecule has 0 aromatic heterocycles. The normalized spacial score (nSPS) is 12.3. The minimum Gasteiger partial charge on any atom is -0.407 e. The van der Waals surface area contributed by atoms with E-state index < -0.39 is 16.6 Å². The Morgan fingerprint density at radius 3 is 1.05 bits per heavy atom. The van der Waals surface area contributed by atoms with Crippen LogP contribution in [0.15, 0.2) is 151 Å². The van der Waals surface area contributed by atoms with Crippen molar-refractivity contribution < 1.29 is 14.0 Å². The monoisotopic (exact) mass is 902 g/mol. The summed E-state index contributed by atoms with van der Waals surface area (Å²) >= 11 is 0. The first kappa shape index (κ1) is 54.3. The van der Waals surface area contributed by atoms with E-state index in [0.29, 0.717) is 13.2 Å². The van der Waals surface area contributed by atoms with Crippen molar-refractivity contribution in [2.75, 3.05) is 26.4 Å². The molecule has 4 aromatic rings. The van der Waals surface area contributed by atoms with Crippen molar-refractivity contribution in [3.05, 3.63) is 156 Å². The number of aliphatic hydroxyl groups excluding tert-OH is 1. The molecule has 0 bridgehead atoms. The lowest BCUT2D eigenvalue weighted by Crippen LogP contribution is -2.66. The molecule has 0 saturated carbocycles. The van der Waals surface area contributed by atoms with Crippen molar-refractivity contribution in [2.45, 2.75) is 154 Å². The highest BCUT2D eigenvalue weighted by atomic mass is 28.4. The first-order valence-corrected chi connectivity index (χ1v) is 28.3. The van der Waals surface area contributed by atoms with Crippen LogP contribution in [0.1, 0.15) is 144 Å². The van der Waals surface area contributed by atoms with Gasteiger partial charge in [0, 0.05) is 31.3 Å². The standard InChI is InChI=1S/C28H41N3OSi.C28H42O2Si/c1-28(2,3)33(26-20-14-12-15-21-26,27-22-16-13-17-23-27)32-25-19-11-9-7-5-4-6-8-10-18-24-30-31-29;1-28(2,3)31(26-20-14-12-15-21-26,27-22-16-13-17-23-27)30-25-19-11-9-7-5-4-6-8-10-18-24-29/h4,6,12-17,20-23H,5,7-11,18-19,24-25H2,1-3H3;4,6,12-17,20-23,29H,5,7-11,18-19,24-25H2,1-3H3/b2*6-4-. The van der Waals surface area contributed by atoms with Gasteiger partial charge in [-0.2, -0.15) is 0 Å². The molecule has 0 aliphatic rings. The Morgan fingerprint density at radius 2 is 0.750 bits per heavy atom. The van der Waals surface area contributed by atoms with Gasteiger partial charge in [-0.05, 0) is 113 Å². The van der Waals surface area contributed by atoms with Crippen molar-refractivity contribution in [3.8, 4) is 0 Å². The van der Waals surface area contributed by atoms with Crippen LogP contribution in [0, 0.1) is 0 Å². The number of benzene rings is 4. The Balaban J connectivity index is 0.000000341. The molecule has 0 spiro atoms. The molecule has 0 aliphatic carbocycles. The highest BCUT2D eigenvalue weighted by Gasteiger charge is 2.51. The lowest BCUT2D eigenvalue weighted by molar-refractivity contribution is 0.285. The van der Waals surface area contributed by atoms with E-state index in [1.807, 2.05) is 0 Å². The molecule has 0 heterocycles. The molecule has 1 N–H and O–H groups in total. The van der Waals surface area contributed by atoms with Crippen LogP contribution in [0.3, 0.4) is 0 Å². The van der Waals surface area contributed by atoms with E-state index in [-0.39, 0.29) is 10.1 Å². The molecule has 0 saturated heterocycles. The molecule has 0 aliphatic heterocycles. The molecule has 0 unspecified atom stereocenters. The highest BCUT2D eigenvalue weighted by Crippen LogP contribution is 2.38. The predicted molar refractivity (Wildman–Crippen MR) is 280 cm³/mol. The zero-order valence-corrected chi connectivity index (χ0v) is 42.6. The largest absolute Gasteiger partial charge is 0.407 e. The number of unbranched alkanes of at least 4 members (excludes halogenated alkanes) is 12. The Hall–Kier alpha value is -4.02. The number of azide groups is 1. The Bertz CT molecular complexity index is 1790. The van der Waals surface area contributed by atoms with E-state index in [0.717, 1.165) is 77.4 Å². The zero-order valence-electron chi connectivity index (χ0n) is 40.6.